The highest BCUT2D eigenvalue weighted by Gasteiger charge is 2.41. The monoisotopic (exact) mass is 496 g/mol. The zero-order valence-corrected chi connectivity index (χ0v) is 22.4. The second-order valence-electron chi connectivity index (χ2n) is 11.6. The number of hydrogen-bond acceptors (Lipinski definition) is 4. The molecule has 37 heavy (non-hydrogen) atoms. The van der Waals surface area contributed by atoms with E-state index in [2.05, 4.69) is 42.5 Å². The van der Waals surface area contributed by atoms with Gasteiger partial charge in [-0.1, -0.05) is 25.0 Å². The van der Waals surface area contributed by atoms with Crippen LogP contribution in [0.3, 0.4) is 0 Å². The first-order valence-electron chi connectivity index (χ1n) is 13.5. The topological polar surface area (TPSA) is 79.0 Å². The molecule has 1 amide bonds. The summed E-state index contributed by atoms with van der Waals surface area (Å²) in [4.78, 5) is 33.3. The number of piperidine rings is 1. The summed E-state index contributed by atoms with van der Waals surface area (Å²) in [6.07, 6.45) is 10.5. The van der Waals surface area contributed by atoms with Crippen LogP contribution in [0, 0.1) is 24.2 Å². The van der Waals surface area contributed by atoms with Crippen molar-refractivity contribution in [3.8, 4) is 6.07 Å². The molecule has 6 heteroatoms. The van der Waals surface area contributed by atoms with Gasteiger partial charge in [-0.15, -0.1) is 0 Å². The number of likely N-dealkylation sites (tertiary alicyclic amines) is 1. The molecule has 1 atom stereocenters. The summed E-state index contributed by atoms with van der Waals surface area (Å²) in [7, 11) is 2.03. The second kappa shape index (κ2) is 9.78. The van der Waals surface area contributed by atoms with E-state index in [1.54, 1.807) is 24.3 Å². The first-order chi connectivity index (χ1) is 17.7. The quantitative estimate of drug-likeness (QED) is 0.415. The third-order valence-corrected chi connectivity index (χ3v) is 8.63. The van der Waals surface area contributed by atoms with Crippen LogP contribution in [-0.2, 0) is 18.3 Å². The number of aryl methyl sites for hydroxylation is 2. The molecule has 2 aromatic heterocycles. The molecule has 1 saturated heterocycles. The molecular weight excluding hydrogens is 460 g/mol. The lowest BCUT2D eigenvalue weighted by Crippen LogP contribution is -2.53. The van der Waals surface area contributed by atoms with Gasteiger partial charge in [0.1, 0.15) is 5.65 Å². The molecule has 1 aliphatic carbocycles. The number of carbonyl (C=O) groups excluding carboxylic acids is 2. The number of rotatable bonds is 5. The number of hydrogen-bond donors (Lipinski definition) is 0. The minimum absolute atomic E-state index is 0.0151. The van der Waals surface area contributed by atoms with Crippen LogP contribution in [0.15, 0.2) is 36.7 Å². The minimum atomic E-state index is -0.203. The van der Waals surface area contributed by atoms with E-state index < -0.39 is 0 Å². The smallest absolute Gasteiger partial charge is 0.226 e. The number of ketones is 1. The molecule has 5 rings (SSSR count). The molecule has 3 aromatic rings. The molecule has 1 aromatic carbocycles. The maximum atomic E-state index is 13.3. The summed E-state index contributed by atoms with van der Waals surface area (Å²) >= 11 is 0. The molecule has 6 nitrogen and oxygen atoms in total. The standard InChI is InChI=1S/C31H36N4O2/c1-20-25(15-27(36)23-11-7-8-21(14-23)17-32)18-33-29-28(20)26(19-34(29)4)24-12-13-35(31(2,3)16-24)30(37)22-9-5-6-10-22/h7-8,11,14,18-19,22,24H,5-6,9-10,12-13,15-16H2,1-4H3/t24-/m1/s1. The summed E-state index contributed by atoms with van der Waals surface area (Å²) < 4.78 is 2.09. The fraction of sp³-hybridized carbons (Fsp3) is 0.484. The number of benzene rings is 1. The number of carbonyl (C=O) groups is 2. The van der Waals surface area contributed by atoms with Crippen LogP contribution in [-0.4, -0.2) is 38.2 Å². The second-order valence-corrected chi connectivity index (χ2v) is 11.6. The zero-order valence-electron chi connectivity index (χ0n) is 22.4. The van der Waals surface area contributed by atoms with Gasteiger partial charge in [-0.05, 0) is 81.2 Å². The molecule has 0 bridgehead atoms. The average molecular weight is 497 g/mol. The van der Waals surface area contributed by atoms with Crippen molar-refractivity contribution in [3.05, 3.63) is 64.5 Å². The fourth-order valence-corrected chi connectivity index (χ4v) is 6.57. The highest BCUT2D eigenvalue weighted by molar-refractivity contribution is 5.98. The van der Waals surface area contributed by atoms with Crippen LogP contribution in [0.5, 0.6) is 0 Å². The Hall–Kier alpha value is -3.46. The van der Waals surface area contributed by atoms with Gasteiger partial charge >= 0.3 is 0 Å². The molecule has 0 radical (unpaired) electrons. The largest absolute Gasteiger partial charge is 0.337 e. The lowest BCUT2D eigenvalue weighted by atomic mass is 9.78. The van der Waals surface area contributed by atoms with Crippen molar-refractivity contribution < 1.29 is 9.59 Å². The zero-order chi connectivity index (χ0) is 26.3. The summed E-state index contributed by atoms with van der Waals surface area (Å²) in [6, 6.07) is 8.99. The van der Waals surface area contributed by atoms with Crippen molar-refractivity contribution in [1.82, 2.24) is 14.5 Å². The third kappa shape index (κ3) is 4.68. The Morgan fingerprint density at radius 2 is 1.95 bits per heavy atom. The Labute approximate surface area is 219 Å². The third-order valence-electron chi connectivity index (χ3n) is 8.63. The van der Waals surface area contributed by atoms with Crippen molar-refractivity contribution in [2.75, 3.05) is 6.54 Å². The molecule has 2 fully saturated rings. The molecule has 0 spiro atoms. The molecule has 1 aliphatic heterocycles. The van der Waals surface area contributed by atoms with Crippen molar-refractivity contribution in [2.24, 2.45) is 13.0 Å². The maximum absolute atomic E-state index is 13.3. The van der Waals surface area contributed by atoms with Crippen molar-refractivity contribution >= 4 is 22.7 Å². The molecule has 2 aliphatic rings. The first-order valence-corrected chi connectivity index (χ1v) is 13.5. The molecule has 0 N–H and O–H groups in total. The highest BCUT2D eigenvalue weighted by Crippen LogP contribution is 2.43. The number of nitrogens with zero attached hydrogens (tertiary/aromatic N) is 4. The van der Waals surface area contributed by atoms with Gasteiger partial charge in [-0.2, -0.15) is 5.26 Å². The van der Waals surface area contributed by atoms with E-state index in [4.69, 9.17) is 4.98 Å². The van der Waals surface area contributed by atoms with E-state index in [1.807, 2.05) is 13.2 Å². The van der Waals surface area contributed by atoms with Crippen LogP contribution in [0.4, 0.5) is 0 Å². The van der Waals surface area contributed by atoms with E-state index >= 15 is 0 Å². The predicted octanol–water partition coefficient (Wildman–Crippen LogP) is 5.85. The molecule has 3 heterocycles. The van der Waals surface area contributed by atoms with Crippen LogP contribution in [0.25, 0.3) is 11.0 Å². The van der Waals surface area contributed by atoms with Gasteiger partial charge in [0, 0.05) is 54.8 Å². The Kier molecular flexibility index (Phi) is 6.66. The van der Waals surface area contributed by atoms with Crippen LogP contribution < -0.4 is 0 Å². The van der Waals surface area contributed by atoms with E-state index in [0.717, 1.165) is 54.4 Å². The molecule has 1 saturated carbocycles. The summed E-state index contributed by atoms with van der Waals surface area (Å²) in [5, 5.41) is 10.3. The SMILES string of the molecule is Cc1c(CC(=O)c2cccc(C#N)c2)cnc2c1c([C@@H]1CCN(C(=O)C3CCCC3)C(C)(C)C1)cn2C. The van der Waals surface area contributed by atoms with Gasteiger partial charge in [-0.25, -0.2) is 4.98 Å². The van der Waals surface area contributed by atoms with Crippen LogP contribution in [0.1, 0.15) is 90.9 Å². The Morgan fingerprint density at radius 1 is 1.19 bits per heavy atom. The number of Topliss-reactive ketones (excluding diaryl/α,β-unsaturated/α-hetero) is 1. The minimum Gasteiger partial charge on any atom is -0.337 e. The van der Waals surface area contributed by atoms with Crippen molar-refractivity contribution in [2.45, 2.75) is 77.2 Å². The first kappa shape index (κ1) is 25.2. The Morgan fingerprint density at radius 3 is 2.65 bits per heavy atom. The number of nitriles is 1. The number of aromatic nitrogens is 2. The van der Waals surface area contributed by atoms with E-state index in [1.165, 1.54) is 18.4 Å². The molecule has 0 unspecified atom stereocenters. The van der Waals surface area contributed by atoms with Gasteiger partial charge in [0.15, 0.2) is 5.78 Å². The summed E-state index contributed by atoms with van der Waals surface area (Å²) in [5.74, 6) is 0.857. The number of amides is 1. The highest BCUT2D eigenvalue weighted by atomic mass is 16.2. The lowest BCUT2D eigenvalue weighted by molar-refractivity contribution is -0.143. The van der Waals surface area contributed by atoms with Crippen LogP contribution >= 0.6 is 0 Å². The lowest BCUT2D eigenvalue weighted by Gasteiger charge is -2.46. The Bertz CT molecular complexity index is 1400. The maximum Gasteiger partial charge on any atom is 0.226 e. The average Bonchev–Trinajstić information content (AvgIpc) is 3.53. The number of fused-ring (bicyclic) bond motifs is 1. The van der Waals surface area contributed by atoms with Crippen molar-refractivity contribution in [1.29, 1.82) is 5.26 Å². The van der Waals surface area contributed by atoms with Crippen molar-refractivity contribution in [3.63, 3.8) is 0 Å². The van der Waals surface area contributed by atoms with E-state index in [0.29, 0.717) is 23.0 Å². The summed E-state index contributed by atoms with van der Waals surface area (Å²) in [5.41, 5.74) is 5.04. The van der Waals surface area contributed by atoms with Gasteiger partial charge < -0.3 is 9.47 Å². The number of pyridine rings is 1. The normalized spacial score (nSPS) is 19.8. The van der Waals surface area contributed by atoms with E-state index in [9.17, 15) is 14.9 Å². The van der Waals surface area contributed by atoms with Gasteiger partial charge in [-0.3, -0.25) is 9.59 Å². The van der Waals surface area contributed by atoms with Gasteiger partial charge in [0.2, 0.25) is 5.91 Å². The fourth-order valence-electron chi connectivity index (χ4n) is 6.57. The molecule has 192 valence electrons. The summed E-state index contributed by atoms with van der Waals surface area (Å²) in [6.45, 7) is 7.29. The predicted molar refractivity (Wildman–Crippen MR) is 144 cm³/mol. The molecular formula is C31H36N4O2. The van der Waals surface area contributed by atoms with Gasteiger partial charge in [0.05, 0.1) is 11.6 Å². The van der Waals surface area contributed by atoms with Gasteiger partial charge in [0.25, 0.3) is 0 Å². The van der Waals surface area contributed by atoms with Crippen LogP contribution in [0.2, 0.25) is 0 Å². The van der Waals surface area contributed by atoms with E-state index in [-0.39, 0.29) is 23.7 Å². The Balaban J connectivity index is 1.43.